The van der Waals surface area contributed by atoms with Crippen molar-refractivity contribution in [3.8, 4) is 0 Å². The van der Waals surface area contributed by atoms with E-state index in [1.165, 1.54) is 11.4 Å². The first kappa shape index (κ1) is 22.4. The second-order valence-electron chi connectivity index (χ2n) is 9.49. The Labute approximate surface area is 212 Å². The van der Waals surface area contributed by atoms with Crippen LogP contribution in [0.3, 0.4) is 0 Å². The Morgan fingerprint density at radius 3 is 1.78 bits per heavy atom. The minimum Gasteiger partial charge on any atom is -0.368 e. The quantitative estimate of drug-likeness (QED) is 0.432. The third-order valence-corrected chi connectivity index (χ3v) is 7.38. The standard InChI is InChI=1S/C30H31N5O/c36-30(35-21-17-33(18-22-35)27-9-5-2-6-10-27)25-12-11-24-13-14-31-29(28(24)23-25)34-19-15-32(16-20-34)26-7-3-1-4-8-26/h1-14,23H,15-22H2. The van der Waals surface area contributed by atoms with Gasteiger partial charge in [0, 0.05) is 80.9 Å². The number of para-hydroxylation sites is 2. The van der Waals surface area contributed by atoms with E-state index in [0.717, 1.165) is 74.5 Å². The first-order valence-electron chi connectivity index (χ1n) is 12.8. The van der Waals surface area contributed by atoms with Gasteiger partial charge in [-0.25, -0.2) is 4.98 Å². The summed E-state index contributed by atoms with van der Waals surface area (Å²) < 4.78 is 0. The lowest BCUT2D eigenvalue weighted by Crippen LogP contribution is -2.48. The molecule has 2 aliphatic heterocycles. The molecule has 2 aliphatic rings. The molecule has 0 spiro atoms. The van der Waals surface area contributed by atoms with Crippen LogP contribution in [0.15, 0.2) is 91.1 Å². The van der Waals surface area contributed by atoms with E-state index >= 15 is 0 Å². The van der Waals surface area contributed by atoms with E-state index in [9.17, 15) is 4.79 Å². The molecule has 1 aromatic heterocycles. The van der Waals surface area contributed by atoms with Gasteiger partial charge in [-0.2, -0.15) is 0 Å². The van der Waals surface area contributed by atoms with Crippen molar-refractivity contribution < 1.29 is 4.79 Å². The second-order valence-corrected chi connectivity index (χ2v) is 9.49. The van der Waals surface area contributed by atoms with Gasteiger partial charge in [0.25, 0.3) is 5.91 Å². The molecule has 0 bridgehead atoms. The lowest BCUT2D eigenvalue weighted by atomic mass is 10.1. The van der Waals surface area contributed by atoms with E-state index in [0.29, 0.717) is 0 Å². The molecule has 2 saturated heterocycles. The summed E-state index contributed by atoms with van der Waals surface area (Å²) in [5.74, 6) is 1.08. The monoisotopic (exact) mass is 477 g/mol. The molecule has 1 amide bonds. The van der Waals surface area contributed by atoms with Crippen molar-refractivity contribution in [1.29, 1.82) is 0 Å². The summed E-state index contributed by atoms with van der Waals surface area (Å²) in [5.41, 5.74) is 3.23. The zero-order valence-corrected chi connectivity index (χ0v) is 20.5. The number of benzene rings is 3. The van der Waals surface area contributed by atoms with E-state index in [1.807, 2.05) is 35.4 Å². The maximum atomic E-state index is 13.4. The van der Waals surface area contributed by atoms with Gasteiger partial charge in [-0.05, 0) is 47.9 Å². The molecule has 3 heterocycles. The van der Waals surface area contributed by atoms with Crippen LogP contribution in [-0.2, 0) is 0 Å². The highest BCUT2D eigenvalue weighted by Gasteiger charge is 2.24. The molecule has 0 radical (unpaired) electrons. The summed E-state index contributed by atoms with van der Waals surface area (Å²) in [4.78, 5) is 27.3. The Kier molecular flexibility index (Phi) is 6.16. The van der Waals surface area contributed by atoms with Gasteiger partial charge in [0.2, 0.25) is 0 Å². The number of rotatable bonds is 4. The molecule has 0 unspecified atom stereocenters. The first-order valence-corrected chi connectivity index (χ1v) is 12.8. The van der Waals surface area contributed by atoms with E-state index in [-0.39, 0.29) is 5.91 Å². The van der Waals surface area contributed by atoms with Crippen molar-refractivity contribution >= 4 is 33.9 Å². The molecular formula is C30H31N5O. The molecule has 36 heavy (non-hydrogen) atoms. The third-order valence-electron chi connectivity index (χ3n) is 7.38. The van der Waals surface area contributed by atoms with Crippen LogP contribution < -0.4 is 14.7 Å². The molecular weight excluding hydrogens is 446 g/mol. The minimum atomic E-state index is 0.105. The van der Waals surface area contributed by atoms with E-state index in [4.69, 9.17) is 4.98 Å². The fourth-order valence-corrected chi connectivity index (χ4v) is 5.34. The van der Waals surface area contributed by atoms with Crippen LogP contribution in [0, 0.1) is 0 Å². The van der Waals surface area contributed by atoms with Crippen LogP contribution in [0.25, 0.3) is 10.8 Å². The highest BCUT2D eigenvalue weighted by atomic mass is 16.2. The van der Waals surface area contributed by atoms with Gasteiger partial charge in [0.1, 0.15) is 5.82 Å². The zero-order valence-electron chi connectivity index (χ0n) is 20.5. The number of carbonyl (C=O) groups is 1. The summed E-state index contributed by atoms with van der Waals surface area (Å²) in [6.07, 6.45) is 1.88. The molecule has 4 aromatic rings. The molecule has 0 saturated carbocycles. The van der Waals surface area contributed by atoms with Crippen molar-refractivity contribution in [3.05, 3.63) is 96.7 Å². The molecule has 3 aromatic carbocycles. The number of nitrogens with zero attached hydrogens (tertiary/aromatic N) is 5. The number of piperazine rings is 2. The normalized spacial score (nSPS) is 16.4. The van der Waals surface area contributed by atoms with Crippen molar-refractivity contribution in [2.24, 2.45) is 0 Å². The molecule has 6 rings (SSSR count). The molecule has 0 aliphatic carbocycles. The Bertz CT molecular complexity index is 1330. The number of aromatic nitrogens is 1. The number of fused-ring (bicyclic) bond motifs is 1. The smallest absolute Gasteiger partial charge is 0.253 e. The van der Waals surface area contributed by atoms with Crippen LogP contribution in [-0.4, -0.2) is 68.1 Å². The highest BCUT2D eigenvalue weighted by Crippen LogP contribution is 2.28. The summed E-state index contributed by atoms with van der Waals surface area (Å²) in [6, 6.07) is 29.1. The van der Waals surface area contributed by atoms with Crippen molar-refractivity contribution in [3.63, 3.8) is 0 Å². The lowest BCUT2D eigenvalue weighted by Gasteiger charge is -2.37. The minimum absolute atomic E-state index is 0.105. The number of pyridine rings is 1. The Morgan fingerprint density at radius 1 is 0.611 bits per heavy atom. The molecule has 6 heteroatoms. The van der Waals surface area contributed by atoms with Gasteiger partial charge in [-0.1, -0.05) is 42.5 Å². The Morgan fingerprint density at radius 2 is 1.17 bits per heavy atom. The largest absolute Gasteiger partial charge is 0.368 e. The van der Waals surface area contributed by atoms with Crippen LogP contribution >= 0.6 is 0 Å². The zero-order chi connectivity index (χ0) is 24.3. The number of carbonyl (C=O) groups excluding carboxylic acids is 1. The summed E-state index contributed by atoms with van der Waals surface area (Å²) >= 11 is 0. The highest BCUT2D eigenvalue weighted by molar-refractivity contribution is 6.01. The van der Waals surface area contributed by atoms with E-state index in [1.54, 1.807) is 0 Å². The Balaban J connectivity index is 1.17. The van der Waals surface area contributed by atoms with E-state index in [2.05, 4.69) is 75.4 Å². The van der Waals surface area contributed by atoms with Gasteiger partial charge in [-0.3, -0.25) is 4.79 Å². The Hall–Kier alpha value is -4.06. The molecule has 2 fully saturated rings. The van der Waals surface area contributed by atoms with Crippen LogP contribution in [0.4, 0.5) is 17.2 Å². The number of amides is 1. The number of hydrogen-bond donors (Lipinski definition) is 0. The maximum Gasteiger partial charge on any atom is 0.253 e. The van der Waals surface area contributed by atoms with Crippen molar-refractivity contribution in [2.75, 3.05) is 67.1 Å². The molecule has 6 nitrogen and oxygen atoms in total. The summed E-state index contributed by atoms with van der Waals surface area (Å²) in [5, 5.41) is 2.18. The van der Waals surface area contributed by atoms with Crippen LogP contribution in [0.1, 0.15) is 10.4 Å². The van der Waals surface area contributed by atoms with Gasteiger partial charge >= 0.3 is 0 Å². The lowest BCUT2D eigenvalue weighted by molar-refractivity contribution is 0.0747. The van der Waals surface area contributed by atoms with Crippen molar-refractivity contribution in [2.45, 2.75) is 0 Å². The van der Waals surface area contributed by atoms with Gasteiger partial charge < -0.3 is 19.6 Å². The topological polar surface area (TPSA) is 42.9 Å². The van der Waals surface area contributed by atoms with Crippen molar-refractivity contribution in [1.82, 2.24) is 9.88 Å². The fraction of sp³-hybridized carbons (Fsp3) is 0.267. The van der Waals surface area contributed by atoms with E-state index < -0.39 is 0 Å². The molecule has 0 N–H and O–H groups in total. The molecule has 0 atom stereocenters. The van der Waals surface area contributed by atoms with Gasteiger partial charge in [-0.15, -0.1) is 0 Å². The summed E-state index contributed by atoms with van der Waals surface area (Å²) in [7, 11) is 0. The van der Waals surface area contributed by atoms with Crippen LogP contribution in [0.5, 0.6) is 0 Å². The summed E-state index contributed by atoms with van der Waals surface area (Å²) in [6.45, 7) is 6.87. The predicted octanol–water partition coefficient (Wildman–Crippen LogP) is 4.52. The number of hydrogen-bond acceptors (Lipinski definition) is 5. The number of anilines is 3. The van der Waals surface area contributed by atoms with Gasteiger partial charge in [0.05, 0.1) is 0 Å². The predicted molar refractivity (Wildman–Crippen MR) is 147 cm³/mol. The average molecular weight is 478 g/mol. The second kappa shape index (κ2) is 9.90. The maximum absolute atomic E-state index is 13.4. The average Bonchev–Trinajstić information content (AvgIpc) is 2.97. The van der Waals surface area contributed by atoms with Crippen LogP contribution in [0.2, 0.25) is 0 Å². The fourth-order valence-electron chi connectivity index (χ4n) is 5.34. The van der Waals surface area contributed by atoms with Gasteiger partial charge in [0.15, 0.2) is 0 Å². The third kappa shape index (κ3) is 4.47. The SMILES string of the molecule is O=C(c1ccc2ccnc(N3CCN(c4ccccc4)CC3)c2c1)N1CCN(c2ccccc2)CC1. The molecule has 182 valence electrons. The first-order chi connectivity index (χ1) is 17.8.